The van der Waals surface area contributed by atoms with E-state index in [1.807, 2.05) is 18.2 Å². The van der Waals surface area contributed by atoms with Crippen LogP contribution in [0.2, 0.25) is 0 Å². The first-order valence-electron chi connectivity index (χ1n) is 9.97. The third-order valence-electron chi connectivity index (χ3n) is 4.72. The second-order valence-corrected chi connectivity index (χ2v) is 8.54. The summed E-state index contributed by atoms with van der Waals surface area (Å²) in [4.78, 5) is 13.9. The Morgan fingerprint density at radius 2 is 1.34 bits per heavy atom. The van der Waals surface area contributed by atoms with Crippen molar-refractivity contribution in [1.29, 1.82) is 0 Å². The standard InChI is InChI=1S/C25H28N2OS/c1-27(2)18-23-16-10-9-15-22(23)17-26-24(28)19-29-25(20-11-5-3-6-12-20)21-13-7-4-8-14-21/h3-16,25H,17-19H2,1-2H3,(H,26,28)/p+1. The molecule has 0 aromatic heterocycles. The van der Waals surface area contributed by atoms with E-state index in [0.717, 1.165) is 6.54 Å². The maximum absolute atomic E-state index is 12.6. The Kier molecular flexibility index (Phi) is 7.91. The molecule has 2 N–H and O–H groups in total. The summed E-state index contributed by atoms with van der Waals surface area (Å²) in [5, 5.41) is 3.25. The molecule has 0 saturated carbocycles. The van der Waals surface area contributed by atoms with Crippen molar-refractivity contribution in [2.75, 3.05) is 19.8 Å². The lowest BCUT2D eigenvalue weighted by Crippen LogP contribution is -3.04. The fourth-order valence-electron chi connectivity index (χ4n) is 3.33. The Labute approximate surface area is 178 Å². The van der Waals surface area contributed by atoms with E-state index in [4.69, 9.17) is 0 Å². The van der Waals surface area contributed by atoms with Crippen LogP contribution in [0.4, 0.5) is 0 Å². The van der Waals surface area contributed by atoms with Gasteiger partial charge in [0.25, 0.3) is 0 Å². The molecule has 0 unspecified atom stereocenters. The third-order valence-corrected chi connectivity index (χ3v) is 6.03. The maximum Gasteiger partial charge on any atom is 0.230 e. The number of thioether (sulfide) groups is 1. The number of carbonyl (C=O) groups is 1. The molecule has 150 valence electrons. The van der Waals surface area contributed by atoms with Gasteiger partial charge in [-0.25, -0.2) is 0 Å². The minimum atomic E-state index is 0.0684. The van der Waals surface area contributed by atoms with Crippen molar-refractivity contribution in [2.24, 2.45) is 0 Å². The summed E-state index contributed by atoms with van der Waals surface area (Å²) in [5.41, 5.74) is 4.91. The smallest absolute Gasteiger partial charge is 0.230 e. The van der Waals surface area contributed by atoms with Crippen molar-refractivity contribution in [3.63, 3.8) is 0 Å². The summed E-state index contributed by atoms with van der Waals surface area (Å²) in [6.45, 7) is 1.52. The van der Waals surface area contributed by atoms with Gasteiger partial charge < -0.3 is 10.2 Å². The lowest BCUT2D eigenvalue weighted by Gasteiger charge is -2.18. The van der Waals surface area contributed by atoms with Gasteiger partial charge in [0.1, 0.15) is 6.54 Å². The van der Waals surface area contributed by atoms with Gasteiger partial charge in [0, 0.05) is 12.1 Å². The van der Waals surface area contributed by atoms with Crippen LogP contribution in [0.5, 0.6) is 0 Å². The molecule has 3 aromatic carbocycles. The first-order chi connectivity index (χ1) is 14.1. The van der Waals surface area contributed by atoms with Crippen LogP contribution in [0.3, 0.4) is 0 Å². The summed E-state index contributed by atoms with van der Waals surface area (Å²) in [6.07, 6.45) is 0. The van der Waals surface area contributed by atoms with E-state index < -0.39 is 0 Å². The van der Waals surface area contributed by atoms with Crippen LogP contribution in [-0.2, 0) is 17.9 Å². The topological polar surface area (TPSA) is 33.5 Å². The molecule has 0 atom stereocenters. The molecule has 0 spiro atoms. The van der Waals surface area contributed by atoms with Crippen LogP contribution >= 0.6 is 11.8 Å². The fourth-order valence-corrected chi connectivity index (χ4v) is 4.45. The highest BCUT2D eigenvalue weighted by Gasteiger charge is 2.16. The van der Waals surface area contributed by atoms with Gasteiger partial charge >= 0.3 is 0 Å². The van der Waals surface area contributed by atoms with Crippen LogP contribution in [0.25, 0.3) is 0 Å². The van der Waals surface area contributed by atoms with Crippen LogP contribution < -0.4 is 10.2 Å². The van der Waals surface area contributed by atoms with Crippen molar-refractivity contribution < 1.29 is 9.69 Å². The molecule has 0 aliphatic heterocycles. The van der Waals surface area contributed by atoms with Crippen LogP contribution in [0.1, 0.15) is 27.5 Å². The van der Waals surface area contributed by atoms with Gasteiger partial charge in [0.05, 0.1) is 25.1 Å². The number of hydrogen-bond acceptors (Lipinski definition) is 2. The van der Waals surface area contributed by atoms with Crippen LogP contribution in [-0.4, -0.2) is 25.8 Å². The van der Waals surface area contributed by atoms with Gasteiger partial charge in [-0.3, -0.25) is 4.79 Å². The van der Waals surface area contributed by atoms with E-state index >= 15 is 0 Å². The normalized spacial score (nSPS) is 11.0. The van der Waals surface area contributed by atoms with Crippen molar-refractivity contribution >= 4 is 17.7 Å². The molecule has 0 bridgehead atoms. The molecule has 0 aliphatic rings. The van der Waals surface area contributed by atoms with Crippen LogP contribution in [0, 0.1) is 0 Å². The molecule has 3 nitrogen and oxygen atoms in total. The first kappa shape index (κ1) is 21.2. The van der Waals surface area contributed by atoms with Crippen molar-refractivity contribution in [3.8, 4) is 0 Å². The number of quaternary nitrogens is 1. The van der Waals surface area contributed by atoms with Gasteiger partial charge in [-0.15, -0.1) is 11.8 Å². The van der Waals surface area contributed by atoms with Gasteiger partial charge in [-0.05, 0) is 16.7 Å². The molecule has 0 fully saturated rings. The predicted octanol–water partition coefficient (Wildman–Crippen LogP) is 3.47. The molecule has 3 aromatic rings. The number of benzene rings is 3. The summed E-state index contributed by atoms with van der Waals surface area (Å²) >= 11 is 1.67. The Bertz CT molecular complexity index is 857. The van der Waals surface area contributed by atoms with Gasteiger partial charge in [-0.2, -0.15) is 0 Å². The largest absolute Gasteiger partial charge is 0.351 e. The second-order valence-electron chi connectivity index (χ2n) is 7.44. The monoisotopic (exact) mass is 405 g/mol. The average molecular weight is 406 g/mol. The summed E-state index contributed by atoms with van der Waals surface area (Å²) < 4.78 is 0. The molecule has 29 heavy (non-hydrogen) atoms. The first-order valence-corrected chi connectivity index (χ1v) is 11.0. The fraction of sp³-hybridized carbons (Fsp3) is 0.240. The number of nitrogens with one attached hydrogen (secondary N) is 2. The molecule has 4 heteroatoms. The van der Waals surface area contributed by atoms with E-state index in [9.17, 15) is 4.79 Å². The number of carbonyl (C=O) groups excluding carboxylic acids is 1. The summed E-state index contributed by atoms with van der Waals surface area (Å²) in [7, 11) is 4.28. The highest BCUT2D eigenvalue weighted by atomic mass is 32.2. The Morgan fingerprint density at radius 1 is 0.828 bits per heavy atom. The van der Waals surface area contributed by atoms with E-state index in [2.05, 4.69) is 86.1 Å². The zero-order valence-corrected chi connectivity index (χ0v) is 17.9. The lowest BCUT2D eigenvalue weighted by atomic mass is 10.0. The third kappa shape index (κ3) is 6.48. The highest BCUT2D eigenvalue weighted by molar-refractivity contribution is 8.00. The van der Waals surface area contributed by atoms with E-state index in [0.29, 0.717) is 12.3 Å². The zero-order valence-electron chi connectivity index (χ0n) is 17.1. The molecule has 0 saturated heterocycles. The Balaban J connectivity index is 1.61. The average Bonchev–Trinajstić information content (AvgIpc) is 2.74. The van der Waals surface area contributed by atoms with Gasteiger partial charge in [-0.1, -0.05) is 84.9 Å². The van der Waals surface area contributed by atoms with Crippen LogP contribution in [0.15, 0.2) is 84.9 Å². The minimum Gasteiger partial charge on any atom is -0.351 e. The SMILES string of the molecule is C[NH+](C)Cc1ccccc1CNC(=O)CSC(c1ccccc1)c1ccccc1. The maximum atomic E-state index is 12.6. The zero-order chi connectivity index (χ0) is 20.5. The summed E-state index contributed by atoms with van der Waals surface area (Å²) in [6, 6.07) is 29.1. The minimum absolute atomic E-state index is 0.0684. The molecule has 1 amide bonds. The summed E-state index contributed by atoms with van der Waals surface area (Å²) in [5.74, 6) is 0.495. The van der Waals surface area contributed by atoms with Gasteiger partial charge in [0.15, 0.2) is 0 Å². The van der Waals surface area contributed by atoms with E-state index in [1.54, 1.807) is 11.8 Å². The predicted molar refractivity (Wildman–Crippen MR) is 122 cm³/mol. The number of rotatable bonds is 9. The molecular formula is C25H29N2OS+. The molecule has 3 rings (SSSR count). The number of amides is 1. The highest BCUT2D eigenvalue weighted by Crippen LogP contribution is 2.35. The van der Waals surface area contributed by atoms with Gasteiger partial charge in [0.2, 0.25) is 5.91 Å². The second kappa shape index (κ2) is 10.8. The lowest BCUT2D eigenvalue weighted by molar-refractivity contribution is -0.872. The molecule has 0 radical (unpaired) electrons. The Hall–Kier alpha value is -2.56. The van der Waals surface area contributed by atoms with Crippen molar-refractivity contribution in [2.45, 2.75) is 18.3 Å². The molecule has 0 aliphatic carbocycles. The van der Waals surface area contributed by atoms with Crippen molar-refractivity contribution in [3.05, 3.63) is 107 Å². The number of hydrogen-bond donors (Lipinski definition) is 2. The molecular weight excluding hydrogens is 376 g/mol. The quantitative estimate of drug-likeness (QED) is 0.572. The Morgan fingerprint density at radius 3 is 1.90 bits per heavy atom. The van der Waals surface area contributed by atoms with E-state index in [-0.39, 0.29) is 11.2 Å². The van der Waals surface area contributed by atoms with E-state index in [1.165, 1.54) is 27.2 Å². The van der Waals surface area contributed by atoms with Crippen molar-refractivity contribution in [1.82, 2.24) is 5.32 Å². The molecule has 0 heterocycles.